The van der Waals surface area contributed by atoms with Gasteiger partial charge in [-0.25, -0.2) is 4.79 Å². The highest BCUT2D eigenvalue weighted by molar-refractivity contribution is 6.30. The van der Waals surface area contributed by atoms with Gasteiger partial charge in [0.2, 0.25) is 0 Å². The zero-order valence-corrected chi connectivity index (χ0v) is 13.8. The molecule has 1 aliphatic carbocycles. The van der Waals surface area contributed by atoms with E-state index in [1.165, 1.54) is 0 Å². The summed E-state index contributed by atoms with van der Waals surface area (Å²) < 4.78 is 5.76. The molecule has 3 N–H and O–H groups in total. The first-order valence-electron chi connectivity index (χ1n) is 8.20. The zero-order valence-electron chi connectivity index (χ0n) is 13.1. The largest absolute Gasteiger partial charge is 0.388 e. The van der Waals surface area contributed by atoms with E-state index >= 15 is 0 Å². The quantitative estimate of drug-likeness (QED) is 0.790. The summed E-state index contributed by atoms with van der Waals surface area (Å²) in [5, 5.41) is 16.7. The zero-order chi connectivity index (χ0) is 16.3. The Morgan fingerprint density at radius 3 is 2.70 bits per heavy atom. The fourth-order valence-corrected chi connectivity index (χ4v) is 3.52. The summed E-state index contributed by atoms with van der Waals surface area (Å²) >= 11 is 5.91. The Hall–Kier alpha value is -1.30. The summed E-state index contributed by atoms with van der Waals surface area (Å²) in [6.07, 6.45) is 4.17. The molecule has 0 aromatic heterocycles. The number of nitrogens with one attached hydrogen (secondary N) is 2. The van der Waals surface area contributed by atoms with E-state index in [2.05, 4.69) is 10.6 Å². The minimum Gasteiger partial charge on any atom is -0.388 e. The molecule has 2 unspecified atom stereocenters. The normalized spacial score (nSPS) is 26.2. The Kier molecular flexibility index (Phi) is 5.09. The molecule has 3 rings (SSSR count). The minimum absolute atomic E-state index is 0.0746. The molecule has 1 saturated heterocycles. The standard InChI is InChI=1S/C17H23ClN2O3/c18-13-5-3-12(4-6-13)15-14(7-10-23-15)20-16(21)19-11-17(22)8-1-2-9-17/h3-6,14-15,22H,1-2,7-11H2,(H2,19,20,21). The molecule has 0 spiro atoms. The predicted molar refractivity (Wildman–Crippen MR) is 88.5 cm³/mol. The van der Waals surface area contributed by atoms with E-state index in [9.17, 15) is 9.90 Å². The van der Waals surface area contributed by atoms with Gasteiger partial charge in [-0.05, 0) is 37.0 Å². The average Bonchev–Trinajstić information content (AvgIpc) is 3.16. The van der Waals surface area contributed by atoms with Gasteiger partial charge in [0.1, 0.15) is 6.10 Å². The van der Waals surface area contributed by atoms with E-state index in [1.54, 1.807) is 0 Å². The molecule has 2 aliphatic rings. The lowest BCUT2D eigenvalue weighted by Crippen LogP contribution is -2.48. The van der Waals surface area contributed by atoms with Gasteiger partial charge < -0.3 is 20.5 Å². The molecular weight excluding hydrogens is 316 g/mol. The van der Waals surface area contributed by atoms with E-state index in [-0.39, 0.29) is 18.2 Å². The summed E-state index contributed by atoms with van der Waals surface area (Å²) in [7, 11) is 0. The van der Waals surface area contributed by atoms with Crippen LogP contribution in [0.15, 0.2) is 24.3 Å². The van der Waals surface area contributed by atoms with Crippen LogP contribution in [0, 0.1) is 0 Å². The van der Waals surface area contributed by atoms with Crippen molar-refractivity contribution in [2.75, 3.05) is 13.2 Å². The Morgan fingerprint density at radius 2 is 2.00 bits per heavy atom. The van der Waals surface area contributed by atoms with E-state index in [0.29, 0.717) is 18.2 Å². The third-order valence-corrected chi connectivity index (χ3v) is 4.97. The first-order chi connectivity index (χ1) is 11.1. The SMILES string of the molecule is O=C(NCC1(O)CCCC1)NC1CCOC1c1ccc(Cl)cc1. The first-order valence-corrected chi connectivity index (χ1v) is 8.57. The predicted octanol–water partition coefficient (Wildman–Crippen LogP) is 2.77. The molecule has 1 aromatic carbocycles. The molecule has 5 nitrogen and oxygen atoms in total. The second-order valence-electron chi connectivity index (χ2n) is 6.50. The Morgan fingerprint density at radius 1 is 1.30 bits per heavy atom. The van der Waals surface area contributed by atoms with Crippen molar-refractivity contribution in [2.24, 2.45) is 0 Å². The van der Waals surface area contributed by atoms with Crippen molar-refractivity contribution in [1.29, 1.82) is 0 Å². The van der Waals surface area contributed by atoms with Crippen LogP contribution in [0.4, 0.5) is 4.79 Å². The number of hydrogen-bond acceptors (Lipinski definition) is 3. The Balaban J connectivity index is 1.53. The summed E-state index contributed by atoms with van der Waals surface area (Å²) in [6, 6.07) is 7.17. The van der Waals surface area contributed by atoms with E-state index < -0.39 is 5.60 Å². The first kappa shape index (κ1) is 16.6. The average molecular weight is 339 g/mol. The number of aliphatic hydroxyl groups is 1. The molecule has 1 aliphatic heterocycles. The number of rotatable bonds is 4. The summed E-state index contributed by atoms with van der Waals surface area (Å²) in [6.45, 7) is 0.917. The third-order valence-electron chi connectivity index (χ3n) is 4.72. The van der Waals surface area contributed by atoms with Crippen LogP contribution in [0.5, 0.6) is 0 Å². The number of halogens is 1. The molecule has 1 saturated carbocycles. The molecule has 126 valence electrons. The van der Waals surface area contributed by atoms with Gasteiger partial charge in [-0.1, -0.05) is 36.6 Å². The van der Waals surface area contributed by atoms with Crippen molar-refractivity contribution in [3.63, 3.8) is 0 Å². The van der Waals surface area contributed by atoms with Crippen LogP contribution in [0.1, 0.15) is 43.8 Å². The lowest BCUT2D eigenvalue weighted by atomic mass is 10.0. The number of amides is 2. The molecule has 2 fully saturated rings. The second kappa shape index (κ2) is 7.07. The third kappa shape index (κ3) is 4.16. The molecule has 2 amide bonds. The summed E-state index contributed by atoms with van der Waals surface area (Å²) in [5.74, 6) is 0. The highest BCUT2D eigenvalue weighted by Gasteiger charge is 2.33. The van der Waals surface area contributed by atoms with Gasteiger partial charge in [0.05, 0.1) is 11.6 Å². The lowest BCUT2D eigenvalue weighted by Gasteiger charge is -2.24. The highest BCUT2D eigenvalue weighted by atomic mass is 35.5. The topological polar surface area (TPSA) is 70.6 Å². The molecular formula is C17H23ClN2O3. The van der Waals surface area contributed by atoms with Crippen molar-refractivity contribution in [1.82, 2.24) is 10.6 Å². The maximum atomic E-state index is 12.1. The fourth-order valence-electron chi connectivity index (χ4n) is 3.39. The summed E-state index contributed by atoms with van der Waals surface area (Å²) in [4.78, 5) is 12.1. The lowest BCUT2D eigenvalue weighted by molar-refractivity contribution is 0.0497. The summed E-state index contributed by atoms with van der Waals surface area (Å²) in [5.41, 5.74) is 0.269. The molecule has 1 heterocycles. The highest BCUT2D eigenvalue weighted by Crippen LogP contribution is 2.30. The number of hydrogen-bond donors (Lipinski definition) is 3. The molecule has 23 heavy (non-hydrogen) atoms. The van der Waals surface area contributed by atoms with Gasteiger partial charge in [0.25, 0.3) is 0 Å². The molecule has 6 heteroatoms. The number of carbonyl (C=O) groups is 1. The van der Waals surface area contributed by atoms with Crippen molar-refractivity contribution >= 4 is 17.6 Å². The number of urea groups is 1. The van der Waals surface area contributed by atoms with Crippen LogP contribution < -0.4 is 10.6 Å². The molecule has 0 radical (unpaired) electrons. The number of ether oxygens (including phenoxy) is 1. The van der Waals surface area contributed by atoms with Crippen LogP contribution >= 0.6 is 11.6 Å². The second-order valence-corrected chi connectivity index (χ2v) is 6.93. The number of benzene rings is 1. The monoisotopic (exact) mass is 338 g/mol. The Bertz CT molecular complexity index is 543. The van der Waals surface area contributed by atoms with E-state index in [1.807, 2.05) is 24.3 Å². The van der Waals surface area contributed by atoms with Crippen LogP contribution in [0.3, 0.4) is 0 Å². The van der Waals surface area contributed by atoms with E-state index in [0.717, 1.165) is 37.7 Å². The van der Waals surface area contributed by atoms with Crippen LogP contribution in [-0.4, -0.2) is 35.9 Å². The van der Waals surface area contributed by atoms with Gasteiger partial charge in [-0.2, -0.15) is 0 Å². The maximum absolute atomic E-state index is 12.1. The minimum atomic E-state index is -0.737. The van der Waals surface area contributed by atoms with Crippen LogP contribution in [0.2, 0.25) is 5.02 Å². The van der Waals surface area contributed by atoms with E-state index in [4.69, 9.17) is 16.3 Å². The van der Waals surface area contributed by atoms with Crippen LogP contribution in [-0.2, 0) is 4.74 Å². The maximum Gasteiger partial charge on any atom is 0.315 e. The molecule has 2 atom stereocenters. The smallest absolute Gasteiger partial charge is 0.315 e. The molecule has 0 bridgehead atoms. The van der Waals surface area contributed by atoms with Crippen molar-refractivity contribution < 1.29 is 14.6 Å². The van der Waals surface area contributed by atoms with Crippen molar-refractivity contribution in [3.05, 3.63) is 34.9 Å². The van der Waals surface area contributed by atoms with Crippen molar-refractivity contribution in [3.8, 4) is 0 Å². The van der Waals surface area contributed by atoms with Gasteiger partial charge in [0.15, 0.2) is 0 Å². The van der Waals surface area contributed by atoms with Gasteiger partial charge >= 0.3 is 6.03 Å². The molecule has 1 aromatic rings. The van der Waals surface area contributed by atoms with Crippen molar-refractivity contribution in [2.45, 2.75) is 49.9 Å². The fraction of sp³-hybridized carbons (Fsp3) is 0.588. The van der Waals surface area contributed by atoms with Crippen LogP contribution in [0.25, 0.3) is 0 Å². The number of carbonyl (C=O) groups excluding carboxylic acids is 1. The van der Waals surface area contributed by atoms with Gasteiger partial charge in [-0.3, -0.25) is 0 Å². The van der Waals surface area contributed by atoms with Gasteiger partial charge in [0, 0.05) is 18.2 Å². The van der Waals surface area contributed by atoms with Gasteiger partial charge in [-0.15, -0.1) is 0 Å². The Labute approximate surface area is 141 Å².